The van der Waals surface area contributed by atoms with Gasteiger partial charge in [0.25, 0.3) is 0 Å². The summed E-state index contributed by atoms with van der Waals surface area (Å²) in [6.07, 6.45) is -0.273. The van der Waals surface area contributed by atoms with E-state index < -0.39 is 0 Å². The fraction of sp³-hybridized carbons (Fsp3) is 1.00. The van der Waals surface area contributed by atoms with Gasteiger partial charge in [0.1, 0.15) is 0 Å². The lowest BCUT2D eigenvalue weighted by atomic mass is 10.4. The monoisotopic (exact) mass is 103 g/mol. The summed E-state index contributed by atoms with van der Waals surface area (Å²) < 4.78 is 0. The van der Waals surface area contributed by atoms with Crippen LogP contribution in [0.25, 0.3) is 0 Å². The Morgan fingerprint density at radius 2 is 2.57 bits per heavy atom. The van der Waals surface area contributed by atoms with Crippen molar-refractivity contribution in [2.45, 2.75) is 6.10 Å². The minimum Gasteiger partial charge on any atom is -0.389 e. The van der Waals surface area contributed by atoms with Crippen molar-refractivity contribution in [3.8, 4) is 0 Å². The van der Waals surface area contributed by atoms with Crippen LogP contribution in [0.4, 0.5) is 0 Å². The fourth-order valence-corrected chi connectivity index (χ4v) is 0.615. The largest absolute Gasteiger partial charge is 0.389 e. The zero-order chi connectivity index (χ0) is 5.28. The molecule has 7 heavy (non-hydrogen) atoms. The second-order valence-electron chi connectivity index (χ2n) is 1.76. The number of nitrogens with zero attached hydrogens (tertiary/aromatic N) is 1. The number of β-amino-alcohol motifs (C(OH)–C–C–N with tert-alkyl or cyclic N) is 1. The van der Waals surface area contributed by atoms with Crippen LogP contribution in [-0.2, 0) is 4.84 Å². The lowest BCUT2D eigenvalue weighted by Crippen LogP contribution is -2.15. The van der Waals surface area contributed by atoms with E-state index in [9.17, 15) is 0 Å². The van der Waals surface area contributed by atoms with Crippen LogP contribution in [0.3, 0.4) is 0 Å². The van der Waals surface area contributed by atoms with Crippen molar-refractivity contribution < 1.29 is 9.94 Å². The third-order valence-corrected chi connectivity index (χ3v) is 0.955. The van der Waals surface area contributed by atoms with E-state index in [1.807, 2.05) is 0 Å². The second-order valence-corrected chi connectivity index (χ2v) is 1.76. The molecule has 0 unspecified atom stereocenters. The summed E-state index contributed by atoms with van der Waals surface area (Å²) in [5.41, 5.74) is 0. The van der Waals surface area contributed by atoms with Crippen LogP contribution in [0.15, 0.2) is 0 Å². The van der Waals surface area contributed by atoms with Gasteiger partial charge in [-0.3, -0.25) is 4.84 Å². The molecule has 0 aromatic carbocycles. The number of hydrogen-bond donors (Lipinski definition) is 1. The lowest BCUT2D eigenvalue weighted by molar-refractivity contribution is -0.0878. The Bertz CT molecular complexity index is 58.7. The summed E-state index contributed by atoms with van der Waals surface area (Å²) in [5, 5.41) is 10.4. The van der Waals surface area contributed by atoms with E-state index in [0.717, 1.165) is 0 Å². The molecule has 1 atom stereocenters. The standard InChI is InChI=1S/C4H9NO2/c1-5-2-4(6)3-7-5/h4,6H,2-3H2,1H3/t4-/m1/s1. The highest BCUT2D eigenvalue weighted by Crippen LogP contribution is 1.99. The first-order chi connectivity index (χ1) is 3.29. The Kier molecular flexibility index (Phi) is 1.27. The van der Waals surface area contributed by atoms with E-state index in [-0.39, 0.29) is 6.10 Å². The number of hydroxylamine groups is 2. The maximum atomic E-state index is 8.73. The van der Waals surface area contributed by atoms with Crippen molar-refractivity contribution in [3.63, 3.8) is 0 Å². The molecule has 1 heterocycles. The lowest BCUT2D eigenvalue weighted by Gasteiger charge is -2.01. The van der Waals surface area contributed by atoms with Gasteiger partial charge in [0.15, 0.2) is 0 Å². The Hall–Kier alpha value is -0.120. The SMILES string of the molecule is CN1C[C@@H](O)CO1. The van der Waals surface area contributed by atoms with Gasteiger partial charge in [-0.2, -0.15) is 5.06 Å². The van der Waals surface area contributed by atoms with Gasteiger partial charge in [-0.15, -0.1) is 0 Å². The number of rotatable bonds is 0. The van der Waals surface area contributed by atoms with Crippen molar-refractivity contribution >= 4 is 0 Å². The second kappa shape index (κ2) is 1.78. The smallest absolute Gasteiger partial charge is 0.0957 e. The van der Waals surface area contributed by atoms with Crippen molar-refractivity contribution in [1.82, 2.24) is 5.06 Å². The normalized spacial score (nSPS) is 34.3. The first-order valence-corrected chi connectivity index (χ1v) is 2.31. The summed E-state index contributed by atoms with van der Waals surface area (Å²) in [6.45, 7) is 1.09. The minimum atomic E-state index is -0.273. The van der Waals surface area contributed by atoms with Gasteiger partial charge in [0.2, 0.25) is 0 Å². The van der Waals surface area contributed by atoms with E-state index >= 15 is 0 Å². The molecule has 0 aromatic rings. The maximum Gasteiger partial charge on any atom is 0.0957 e. The highest BCUT2D eigenvalue weighted by atomic mass is 16.7. The topological polar surface area (TPSA) is 32.7 Å². The molecule has 1 saturated heterocycles. The summed E-state index contributed by atoms with van der Waals surface area (Å²) in [4.78, 5) is 4.85. The predicted octanol–water partition coefficient (Wildman–Crippen LogP) is -0.776. The van der Waals surface area contributed by atoms with Crippen molar-refractivity contribution in [2.24, 2.45) is 0 Å². The first kappa shape index (κ1) is 5.03. The number of aliphatic hydroxyl groups is 1. The van der Waals surface area contributed by atoms with Crippen LogP contribution in [0, 0.1) is 0 Å². The summed E-state index contributed by atoms with van der Waals surface area (Å²) in [6, 6.07) is 0. The highest BCUT2D eigenvalue weighted by Gasteiger charge is 2.16. The molecule has 0 aromatic heterocycles. The van der Waals surface area contributed by atoms with E-state index in [1.54, 1.807) is 12.1 Å². The van der Waals surface area contributed by atoms with Crippen LogP contribution in [0.2, 0.25) is 0 Å². The zero-order valence-corrected chi connectivity index (χ0v) is 4.29. The molecular weight excluding hydrogens is 94.0 g/mol. The first-order valence-electron chi connectivity index (χ1n) is 2.31. The molecule has 0 saturated carbocycles. The van der Waals surface area contributed by atoms with Crippen LogP contribution in [0.1, 0.15) is 0 Å². The molecule has 0 radical (unpaired) electrons. The van der Waals surface area contributed by atoms with Gasteiger partial charge in [-0.25, -0.2) is 0 Å². The predicted molar refractivity (Wildman–Crippen MR) is 24.6 cm³/mol. The van der Waals surface area contributed by atoms with Gasteiger partial charge in [-0.1, -0.05) is 0 Å². The highest BCUT2D eigenvalue weighted by molar-refractivity contribution is 4.59. The van der Waals surface area contributed by atoms with Gasteiger partial charge in [0, 0.05) is 7.05 Å². The molecule has 1 fully saturated rings. The molecule has 0 bridgehead atoms. The summed E-state index contributed by atoms with van der Waals surface area (Å²) >= 11 is 0. The van der Waals surface area contributed by atoms with Crippen LogP contribution < -0.4 is 0 Å². The molecule has 0 spiro atoms. The molecule has 3 nitrogen and oxygen atoms in total. The van der Waals surface area contributed by atoms with Gasteiger partial charge in [0.05, 0.1) is 19.3 Å². The molecule has 3 heteroatoms. The van der Waals surface area contributed by atoms with Gasteiger partial charge < -0.3 is 5.11 Å². The number of likely N-dealkylation sites (N-methyl/N-ethyl adjacent to an activating group) is 1. The van der Waals surface area contributed by atoms with Crippen LogP contribution >= 0.6 is 0 Å². The Balaban J connectivity index is 2.26. The fourth-order valence-electron chi connectivity index (χ4n) is 0.615. The Morgan fingerprint density at radius 3 is 2.71 bits per heavy atom. The molecule has 1 aliphatic rings. The summed E-state index contributed by atoms with van der Waals surface area (Å²) in [7, 11) is 1.80. The van der Waals surface area contributed by atoms with Crippen LogP contribution in [0.5, 0.6) is 0 Å². The van der Waals surface area contributed by atoms with E-state index in [0.29, 0.717) is 13.2 Å². The molecule has 0 amide bonds. The van der Waals surface area contributed by atoms with E-state index in [2.05, 4.69) is 0 Å². The number of hydrogen-bond acceptors (Lipinski definition) is 3. The third kappa shape index (κ3) is 1.12. The van der Waals surface area contributed by atoms with Gasteiger partial charge >= 0.3 is 0 Å². The average Bonchev–Trinajstić information content (AvgIpc) is 1.87. The molecule has 0 aliphatic carbocycles. The summed E-state index contributed by atoms with van der Waals surface area (Å²) in [5.74, 6) is 0. The van der Waals surface area contributed by atoms with Crippen molar-refractivity contribution in [1.29, 1.82) is 0 Å². The molecule has 42 valence electrons. The third-order valence-electron chi connectivity index (χ3n) is 0.955. The quantitative estimate of drug-likeness (QED) is 0.436. The van der Waals surface area contributed by atoms with E-state index in [4.69, 9.17) is 9.94 Å². The zero-order valence-electron chi connectivity index (χ0n) is 4.29. The van der Waals surface area contributed by atoms with Gasteiger partial charge in [-0.05, 0) is 0 Å². The molecule has 1 rings (SSSR count). The molecule has 1 N–H and O–H groups in total. The van der Waals surface area contributed by atoms with Crippen molar-refractivity contribution in [2.75, 3.05) is 20.2 Å². The number of aliphatic hydroxyl groups excluding tert-OH is 1. The molecule has 1 aliphatic heterocycles. The maximum absolute atomic E-state index is 8.73. The minimum absolute atomic E-state index is 0.273. The average molecular weight is 103 g/mol. The Labute approximate surface area is 42.4 Å². The van der Waals surface area contributed by atoms with Crippen molar-refractivity contribution in [3.05, 3.63) is 0 Å². The van der Waals surface area contributed by atoms with E-state index in [1.165, 1.54) is 0 Å². The van der Waals surface area contributed by atoms with Crippen LogP contribution in [-0.4, -0.2) is 36.5 Å². The Morgan fingerprint density at radius 1 is 1.86 bits per heavy atom. The molecular formula is C4H9NO2.